The second-order valence-electron chi connectivity index (χ2n) is 12.5. The molecule has 2 aromatic rings. The van der Waals surface area contributed by atoms with Gasteiger partial charge in [-0.15, -0.1) is 22.4 Å². The Labute approximate surface area is 275 Å². The molecule has 0 radical (unpaired) electrons. The molecule has 1 N–H and O–H groups in total. The van der Waals surface area contributed by atoms with Crippen LogP contribution in [0.4, 0.5) is 0 Å². The number of aromatic nitrogens is 2. The van der Waals surface area contributed by atoms with Gasteiger partial charge in [-0.05, 0) is 44.4 Å². The number of nitrogens with zero attached hydrogens (tertiary/aromatic N) is 4. The number of carbonyl (C=O) groups excluding carboxylic acids is 2. The van der Waals surface area contributed by atoms with Gasteiger partial charge in [0.25, 0.3) is 0 Å². The summed E-state index contributed by atoms with van der Waals surface area (Å²) in [6, 6.07) is -0.371. The summed E-state index contributed by atoms with van der Waals surface area (Å²) < 4.78 is 5.22. The molecule has 0 amide bonds. The smallest absolute Gasteiger partial charge is 0.681 e. The maximum atomic E-state index is 13.2. The summed E-state index contributed by atoms with van der Waals surface area (Å²) in [6.45, 7) is 14.1. The van der Waals surface area contributed by atoms with Crippen LogP contribution in [-0.2, 0) is 9.53 Å². The number of hydrogen-bond acceptors (Lipinski definition) is 4. The Kier molecular flexibility index (Phi) is 8.77. The van der Waals surface area contributed by atoms with Crippen molar-refractivity contribution in [3.63, 3.8) is 0 Å². The van der Waals surface area contributed by atoms with E-state index in [4.69, 9.17) is 25.3 Å². The van der Waals surface area contributed by atoms with Crippen molar-refractivity contribution in [1.29, 1.82) is 0 Å². The Morgan fingerprint density at radius 3 is 2.23 bits per heavy atom. The zero-order chi connectivity index (χ0) is 30.9. The predicted molar refractivity (Wildman–Crippen MR) is 174 cm³/mol. The molecule has 8 nitrogen and oxygen atoms in total. The zero-order valence-corrected chi connectivity index (χ0v) is 28.4. The van der Waals surface area contributed by atoms with Gasteiger partial charge < -0.3 is 30.4 Å². The monoisotopic (exact) mass is 604 g/mol. The number of fused-ring (bicyclic) bond motifs is 8. The van der Waals surface area contributed by atoms with Crippen molar-refractivity contribution in [1.82, 2.24) is 9.97 Å². The van der Waals surface area contributed by atoms with Crippen LogP contribution in [0.5, 0.6) is 0 Å². The summed E-state index contributed by atoms with van der Waals surface area (Å²) in [5.74, 6) is -1.08. The van der Waals surface area contributed by atoms with Crippen molar-refractivity contribution in [2.45, 2.75) is 73.8 Å². The Hall–Kier alpha value is -3.17. The van der Waals surface area contributed by atoms with Gasteiger partial charge in [0.15, 0.2) is 5.78 Å². The number of ketones is 1. The van der Waals surface area contributed by atoms with Gasteiger partial charge in [0.1, 0.15) is 11.7 Å². The minimum atomic E-state index is -0.953. The van der Waals surface area contributed by atoms with E-state index in [-0.39, 0.29) is 64.3 Å². The van der Waals surface area contributed by atoms with Gasteiger partial charge in [-0.1, -0.05) is 87.9 Å². The maximum Gasteiger partial charge on any atom is 2.00 e. The average Bonchev–Trinajstić information content (AvgIpc) is 3.70. The van der Waals surface area contributed by atoms with Crippen molar-refractivity contribution in [3.8, 4) is 0 Å². The summed E-state index contributed by atoms with van der Waals surface area (Å²) in [5, 5.41) is 23.2. The Balaban J connectivity index is 0.00000384. The van der Waals surface area contributed by atoms with Gasteiger partial charge in [-0.3, -0.25) is 9.59 Å². The summed E-state index contributed by atoms with van der Waals surface area (Å²) in [6.07, 6.45) is 8.70. The van der Waals surface area contributed by atoms with Crippen LogP contribution in [0.15, 0.2) is 17.1 Å². The number of esters is 1. The van der Waals surface area contributed by atoms with E-state index in [2.05, 4.69) is 27.7 Å². The Morgan fingerprint density at radius 2 is 1.59 bits per heavy atom. The first kappa shape index (κ1) is 32.2. The minimum Gasteiger partial charge on any atom is -0.681 e. The molecule has 3 aliphatic heterocycles. The number of aliphatic hydroxyl groups is 1. The van der Waals surface area contributed by atoms with Crippen LogP contribution in [0.25, 0.3) is 40.2 Å². The van der Waals surface area contributed by atoms with E-state index in [0.29, 0.717) is 27.4 Å². The fourth-order valence-corrected chi connectivity index (χ4v) is 7.76. The molecular weight excluding hydrogens is 565 g/mol. The number of Topliss-reactive ketones (excluding diaryl/α,β-unsaturated/α-hetero) is 1. The molecular formula is C35H40MgN4O4-2. The fraction of sp³-hybridized carbons (Fsp3) is 0.486. The first-order valence-electron chi connectivity index (χ1n) is 15.5. The first-order chi connectivity index (χ1) is 20.5. The molecule has 2 aromatic heterocycles. The van der Waals surface area contributed by atoms with Gasteiger partial charge in [-0.2, -0.15) is 17.1 Å². The second kappa shape index (κ2) is 12.0. The van der Waals surface area contributed by atoms with Gasteiger partial charge >= 0.3 is 29.0 Å². The van der Waals surface area contributed by atoms with Crippen LogP contribution in [-0.4, -0.2) is 53.1 Å². The molecule has 2 fully saturated rings. The molecule has 44 heavy (non-hydrogen) atoms. The van der Waals surface area contributed by atoms with E-state index >= 15 is 0 Å². The molecule has 0 saturated carbocycles. The number of allylic oxidation sites excluding steroid dienone is 3. The number of aliphatic hydroxyl groups excluding tert-OH is 1. The Bertz CT molecular complexity index is 1760. The fourth-order valence-electron chi connectivity index (χ4n) is 7.76. The normalized spacial score (nSPS) is 30.3. The first-order valence-corrected chi connectivity index (χ1v) is 15.5. The van der Waals surface area contributed by atoms with E-state index in [1.165, 1.54) is 7.11 Å². The Morgan fingerprint density at radius 1 is 0.932 bits per heavy atom. The molecule has 5 heterocycles. The molecule has 6 atom stereocenters. The quantitative estimate of drug-likeness (QED) is 0.283. The SMILES string of the molecule is CCC[C@@H]1[C@@H]2[N-]/C(=C\c3[n-]c(c(C(C)=O)c3C)/C=C3\[N-]/C(=C\c4[n-]c5c(c4C)=C(O)[C@H](C(=O)OC)C=52)[C@H](CC)[C@H]3C)[C@H]1C.[Mg+2]. The van der Waals surface area contributed by atoms with Crippen LogP contribution in [0, 0.1) is 43.4 Å². The van der Waals surface area contributed by atoms with Crippen LogP contribution >= 0.6 is 0 Å². The van der Waals surface area contributed by atoms with Gasteiger partial charge in [0.05, 0.1) is 7.11 Å². The molecule has 6 rings (SSSR count). The van der Waals surface area contributed by atoms with Crippen LogP contribution in [0.2, 0.25) is 0 Å². The van der Waals surface area contributed by atoms with E-state index in [1.54, 1.807) is 6.92 Å². The van der Waals surface area contributed by atoms with Crippen molar-refractivity contribution in [2.75, 3.05) is 7.11 Å². The third-order valence-electron chi connectivity index (χ3n) is 10.1. The van der Waals surface area contributed by atoms with Crippen molar-refractivity contribution in [3.05, 3.63) is 72.1 Å². The number of methoxy groups -OCH3 is 1. The third-order valence-corrected chi connectivity index (χ3v) is 10.1. The van der Waals surface area contributed by atoms with Crippen molar-refractivity contribution in [2.24, 2.45) is 29.6 Å². The number of rotatable bonds is 5. The van der Waals surface area contributed by atoms with Crippen LogP contribution < -0.4 is 20.5 Å². The van der Waals surface area contributed by atoms with Crippen molar-refractivity contribution < 1.29 is 19.4 Å². The summed E-state index contributed by atoms with van der Waals surface area (Å²) >= 11 is 0. The standard InChI is InChI=1S/C35H41N4O4.Mg/c1-9-11-21-16(4)23-12-24-17(5)28(19(7)40)27(37-24)14-22-15(3)20(10-2)26(36-22)13-25-18(6)29-33(39-25)30(32(21)38-23)31(34(29)41)35(42)43-8;/h12-16,20-21,31-32H,9-11H2,1-8H3,(H2-,36,37,40,41);/q-3;+2/p-1/b23-12-,26-13-;/t15-,16+,20-,21+,31-,32+;/m1./s1. The third kappa shape index (κ3) is 4.78. The molecule has 4 aliphatic rings. The largest absolute Gasteiger partial charge is 2.00 e. The summed E-state index contributed by atoms with van der Waals surface area (Å²) in [7, 11) is 1.35. The topological polar surface area (TPSA) is 120 Å². The van der Waals surface area contributed by atoms with Crippen LogP contribution in [0.3, 0.4) is 0 Å². The van der Waals surface area contributed by atoms with Gasteiger partial charge in [0.2, 0.25) is 0 Å². The second-order valence-corrected chi connectivity index (χ2v) is 12.5. The molecule has 0 aromatic carbocycles. The minimum absolute atomic E-state index is 0. The van der Waals surface area contributed by atoms with E-state index < -0.39 is 11.9 Å². The zero-order valence-electron chi connectivity index (χ0n) is 27.0. The van der Waals surface area contributed by atoms with Gasteiger partial charge in [0, 0.05) is 10.8 Å². The molecule has 228 valence electrons. The summed E-state index contributed by atoms with van der Waals surface area (Å²) in [5.41, 5.74) is 7.72. The molecule has 0 spiro atoms. The average molecular weight is 605 g/mol. The predicted octanol–water partition coefficient (Wildman–Crippen LogP) is 5.25. The maximum absolute atomic E-state index is 13.2. The van der Waals surface area contributed by atoms with Crippen molar-refractivity contribution >= 4 is 64.4 Å². The number of carbonyl (C=O) groups is 2. The molecule has 8 bridgehead atoms. The van der Waals surface area contributed by atoms with E-state index in [0.717, 1.165) is 58.9 Å². The number of hydrogen-bond donors (Lipinski definition) is 1. The molecule has 9 heteroatoms. The number of ether oxygens (including phenoxy) is 1. The van der Waals surface area contributed by atoms with E-state index in [1.807, 2.05) is 32.1 Å². The summed E-state index contributed by atoms with van der Waals surface area (Å²) in [4.78, 5) is 36.2. The van der Waals surface area contributed by atoms with Gasteiger partial charge in [-0.25, -0.2) is 0 Å². The molecule has 2 saturated heterocycles. The molecule has 0 unspecified atom stereocenters. The molecule has 1 aliphatic carbocycles. The van der Waals surface area contributed by atoms with E-state index in [9.17, 15) is 14.7 Å². The van der Waals surface area contributed by atoms with Crippen LogP contribution in [0.1, 0.15) is 92.4 Å².